The lowest BCUT2D eigenvalue weighted by molar-refractivity contribution is 0.00578. The zero-order valence-corrected chi connectivity index (χ0v) is 24.7. The molecule has 0 spiro atoms. The fraction of sp³-hybridized carbons (Fsp3) is 0.633. The van der Waals surface area contributed by atoms with E-state index in [0.29, 0.717) is 6.42 Å². The average Bonchev–Trinajstić information content (AvgIpc) is 3.07. The second-order valence-corrected chi connectivity index (χ2v) is 11.2. The van der Waals surface area contributed by atoms with Gasteiger partial charge in [-0.2, -0.15) is 0 Å². The van der Waals surface area contributed by atoms with Crippen LogP contribution in [0.15, 0.2) is 63.8 Å². The van der Waals surface area contributed by atoms with Crippen LogP contribution < -0.4 is 0 Å². The van der Waals surface area contributed by atoms with Crippen molar-refractivity contribution < 1.29 is 19.2 Å². The third kappa shape index (κ3) is 7.64. The maximum absolute atomic E-state index is 10.0. The first-order chi connectivity index (χ1) is 16.7. The van der Waals surface area contributed by atoms with Gasteiger partial charge in [-0.05, 0) is 94.0 Å². The van der Waals surface area contributed by atoms with Crippen LogP contribution in [-0.2, 0) is 14.0 Å². The van der Waals surface area contributed by atoms with E-state index in [-0.39, 0.29) is 18.1 Å². The molecule has 0 aromatic rings. The molecule has 1 saturated heterocycles. The number of nitrogens with zero attached hydrogens (tertiary/aromatic N) is 1. The molecule has 0 aromatic heterocycles. The summed E-state index contributed by atoms with van der Waals surface area (Å²) in [6.07, 6.45) is 8.09. The molecule has 1 N–H and O–H groups in total. The van der Waals surface area contributed by atoms with E-state index < -0.39 is 18.3 Å². The van der Waals surface area contributed by atoms with Gasteiger partial charge in [0.2, 0.25) is 0 Å². The fourth-order valence-electron chi connectivity index (χ4n) is 4.11. The van der Waals surface area contributed by atoms with Crippen molar-refractivity contribution in [2.75, 3.05) is 13.7 Å². The highest BCUT2D eigenvalue weighted by molar-refractivity contribution is 6.55. The Kier molecular flexibility index (Phi) is 11.8. The number of ether oxygens (including phenoxy) is 1. The molecule has 0 aromatic carbocycles. The quantitative estimate of drug-likeness (QED) is 0.255. The van der Waals surface area contributed by atoms with Crippen LogP contribution in [-0.4, -0.2) is 49.5 Å². The molecule has 1 atom stereocenters. The van der Waals surface area contributed by atoms with Crippen molar-refractivity contribution in [1.82, 2.24) is 0 Å². The predicted octanol–water partition coefficient (Wildman–Crippen LogP) is 7.19. The Hall–Kier alpha value is -1.73. The maximum Gasteiger partial charge on any atom is 0.494 e. The Morgan fingerprint density at radius 2 is 1.81 bits per heavy atom. The second kappa shape index (κ2) is 13.2. The van der Waals surface area contributed by atoms with Gasteiger partial charge < -0.3 is 19.2 Å². The minimum absolute atomic E-state index is 0.0743. The average molecular weight is 500 g/mol. The Balaban J connectivity index is 0.00000316. The number of aliphatic hydroxyl groups excluding tert-OH is 1. The first kappa shape index (κ1) is 32.3. The maximum atomic E-state index is 10.0. The minimum atomic E-state index is -0.519. The van der Waals surface area contributed by atoms with Crippen molar-refractivity contribution in [1.29, 1.82) is 0 Å². The summed E-state index contributed by atoms with van der Waals surface area (Å²) in [6.45, 7) is 29.0. The van der Waals surface area contributed by atoms with E-state index >= 15 is 0 Å². The molecule has 202 valence electrons. The first-order valence-electron chi connectivity index (χ1n) is 13.2. The van der Waals surface area contributed by atoms with Gasteiger partial charge >= 0.3 is 7.12 Å². The monoisotopic (exact) mass is 499 g/mol. The third-order valence-corrected chi connectivity index (χ3v) is 7.28. The van der Waals surface area contributed by atoms with Crippen molar-refractivity contribution in [2.45, 2.75) is 106 Å². The van der Waals surface area contributed by atoms with Crippen LogP contribution in [0, 0.1) is 5.41 Å². The molecule has 36 heavy (non-hydrogen) atoms. The number of rotatable bonds is 10. The highest BCUT2D eigenvalue weighted by Crippen LogP contribution is 2.40. The highest BCUT2D eigenvalue weighted by Gasteiger charge is 2.52. The van der Waals surface area contributed by atoms with E-state index in [1.54, 1.807) is 13.2 Å². The molecule has 0 aliphatic carbocycles. The summed E-state index contributed by atoms with van der Waals surface area (Å²) in [7, 11) is 1.19. The SMILES string of the molecule is C=C/C(=C\C(=C)/C(CC(C)(C)CO)=C(\C)C1=C(C(C)OC)N=CCC1)B1OC(C)(C)C(C)(C)O1.CC. The molecule has 0 bridgehead atoms. The van der Waals surface area contributed by atoms with Crippen LogP contribution in [0.4, 0.5) is 0 Å². The van der Waals surface area contributed by atoms with Crippen LogP contribution in [0.25, 0.3) is 0 Å². The molecule has 2 aliphatic rings. The molecule has 2 heterocycles. The lowest BCUT2D eigenvalue weighted by atomic mass is 9.74. The van der Waals surface area contributed by atoms with Crippen molar-refractivity contribution in [3.8, 4) is 0 Å². The van der Waals surface area contributed by atoms with Gasteiger partial charge in [0.1, 0.15) is 0 Å². The Labute approximate surface area is 221 Å². The highest BCUT2D eigenvalue weighted by atomic mass is 16.7. The van der Waals surface area contributed by atoms with Gasteiger partial charge in [-0.3, -0.25) is 4.99 Å². The molecular weight excluding hydrogens is 449 g/mol. The number of aliphatic imine (C=N–C) groups is 1. The molecule has 5 nitrogen and oxygen atoms in total. The molecule has 1 unspecified atom stereocenters. The van der Waals surface area contributed by atoms with E-state index in [1.807, 2.05) is 60.8 Å². The van der Waals surface area contributed by atoms with Crippen LogP contribution >= 0.6 is 0 Å². The molecule has 1 fully saturated rings. The largest absolute Gasteiger partial charge is 0.494 e. The van der Waals surface area contributed by atoms with Gasteiger partial charge in [0.15, 0.2) is 0 Å². The third-order valence-electron chi connectivity index (χ3n) is 7.28. The summed E-state index contributed by atoms with van der Waals surface area (Å²) >= 11 is 0. The van der Waals surface area contributed by atoms with Gasteiger partial charge in [-0.15, -0.1) is 0 Å². The van der Waals surface area contributed by atoms with E-state index in [4.69, 9.17) is 14.0 Å². The smallest absolute Gasteiger partial charge is 0.399 e. The molecule has 0 amide bonds. The van der Waals surface area contributed by atoms with Gasteiger partial charge in [-0.1, -0.05) is 53.0 Å². The zero-order valence-electron chi connectivity index (χ0n) is 24.7. The number of aliphatic hydroxyl groups is 1. The van der Waals surface area contributed by atoms with Gasteiger partial charge in [-0.25, -0.2) is 0 Å². The number of hydrogen-bond donors (Lipinski definition) is 1. The van der Waals surface area contributed by atoms with Crippen molar-refractivity contribution in [3.05, 3.63) is 58.8 Å². The minimum Gasteiger partial charge on any atom is -0.399 e. The Morgan fingerprint density at radius 3 is 2.28 bits per heavy atom. The number of methoxy groups -OCH3 is 1. The zero-order chi connectivity index (χ0) is 27.9. The van der Waals surface area contributed by atoms with E-state index in [1.165, 1.54) is 5.57 Å². The summed E-state index contributed by atoms with van der Waals surface area (Å²) in [5.41, 5.74) is 4.86. The van der Waals surface area contributed by atoms with Crippen LogP contribution in [0.2, 0.25) is 0 Å². The summed E-state index contributed by atoms with van der Waals surface area (Å²) < 4.78 is 18.1. The van der Waals surface area contributed by atoms with E-state index in [0.717, 1.165) is 40.7 Å². The van der Waals surface area contributed by atoms with Crippen LogP contribution in [0.5, 0.6) is 0 Å². The second-order valence-electron chi connectivity index (χ2n) is 11.2. The van der Waals surface area contributed by atoms with Crippen molar-refractivity contribution >= 4 is 13.3 Å². The Morgan fingerprint density at radius 1 is 1.25 bits per heavy atom. The van der Waals surface area contributed by atoms with Crippen LogP contribution in [0.1, 0.15) is 88.5 Å². The summed E-state index contributed by atoms with van der Waals surface area (Å²) in [6, 6.07) is 0. The molecule has 0 saturated carbocycles. The van der Waals surface area contributed by atoms with Crippen LogP contribution in [0.3, 0.4) is 0 Å². The number of hydrogen-bond acceptors (Lipinski definition) is 5. The fourth-order valence-corrected chi connectivity index (χ4v) is 4.11. The molecule has 2 aliphatic heterocycles. The van der Waals surface area contributed by atoms with E-state index in [2.05, 4.69) is 38.9 Å². The first-order valence-corrected chi connectivity index (χ1v) is 13.2. The van der Waals surface area contributed by atoms with Crippen molar-refractivity contribution in [2.24, 2.45) is 10.4 Å². The lowest BCUT2D eigenvalue weighted by Crippen LogP contribution is -2.41. The Bertz CT molecular complexity index is 905. The standard InChI is InChI=1S/C28H44BNO4.C2H6/c1-12-22(29-33-27(7,8)28(9,10)34-29)16-19(2)24(17-26(5,6)18-31)20(3)23-14-13-15-30-25(23)21(4)32-11;1-2/h12,15-16,21,31H,1-2,13-14,17-18H2,3-11H3;1-2H3/b22-16+,24-20+;. The summed E-state index contributed by atoms with van der Waals surface area (Å²) in [5, 5.41) is 10.0. The molecule has 0 radical (unpaired) electrons. The predicted molar refractivity (Wildman–Crippen MR) is 154 cm³/mol. The molecule has 2 rings (SSSR count). The van der Waals surface area contributed by atoms with Gasteiger partial charge in [0.25, 0.3) is 0 Å². The molecular formula is C30H50BNO4. The number of allylic oxidation sites excluding steroid dienone is 7. The normalized spacial score (nSPS) is 21.0. The summed E-state index contributed by atoms with van der Waals surface area (Å²) in [4.78, 5) is 4.68. The summed E-state index contributed by atoms with van der Waals surface area (Å²) in [5.74, 6) is 0. The van der Waals surface area contributed by atoms with Gasteiger partial charge in [0.05, 0.1) is 23.0 Å². The lowest BCUT2D eigenvalue weighted by Gasteiger charge is -2.32. The topological polar surface area (TPSA) is 60.3 Å². The molecule has 6 heteroatoms. The van der Waals surface area contributed by atoms with Gasteiger partial charge in [0, 0.05) is 19.9 Å². The van der Waals surface area contributed by atoms with E-state index in [9.17, 15) is 5.11 Å². The van der Waals surface area contributed by atoms with Crippen molar-refractivity contribution in [3.63, 3.8) is 0 Å².